The van der Waals surface area contributed by atoms with Gasteiger partial charge in [0.2, 0.25) is 5.78 Å². The topological polar surface area (TPSA) is 78.3 Å². The van der Waals surface area contributed by atoms with Crippen molar-refractivity contribution >= 4 is 11.8 Å². The van der Waals surface area contributed by atoms with Crippen molar-refractivity contribution in [2.24, 2.45) is 0 Å². The lowest BCUT2D eigenvalue weighted by Gasteiger charge is -2.12. The molecule has 6 nitrogen and oxygen atoms in total. The smallest absolute Gasteiger partial charge is 0.359 e. The summed E-state index contributed by atoms with van der Waals surface area (Å²) in [4.78, 5) is 36.6. The maximum absolute atomic E-state index is 13.1. The summed E-state index contributed by atoms with van der Waals surface area (Å²) in [6.45, 7) is 1.37. The number of halogens is 2. The predicted octanol–water partition coefficient (Wildman–Crippen LogP) is 2.94. The molecule has 0 spiro atoms. The van der Waals surface area contributed by atoms with Crippen LogP contribution >= 0.6 is 0 Å². The average molecular weight is 384 g/mol. The van der Waals surface area contributed by atoms with Gasteiger partial charge in [-0.3, -0.25) is 9.59 Å². The minimum Gasteiger partial charge on any atom is -0.449 e. The first-order valence-electron chi connectivity index (χ1n) is 8.22. The largest absolute Gasteiger partial charge is 0.449 e. The summed E-state index contributed by atoms with van der Waals surface area (Å²) in [7, 11) is 0. The molecule has 1 heterocycles. The molecule has 0 N–H and O–H groups in total. The molecule has 0 radical (unpaired) electrons. The fourth-order valence-electron chi connectivity index (χ4n) is 2.41. The Morgan fingerprint density at radius 1 is 0.929 bits per heavy atom. The lowest BCUT2D eigenvalue weighted by atomic mass is 10.1. The van der Waals surface area contributed by atoms with E-state index in [1.807, 2.05) is 0 Å². The number of rotatable bonds is 5. The summed E-state index contributed by atoms with van der Waals surface area (Å²) in [5.74, 6) is -2.41. The van der Waals surface area contributed by atoms with E-state index >= 15 is 0 Å². The van der Waals surface area contributed by atoms with Gasteiger partial charge in [-0.25, -0.2) is 13.6 Å². The van der Waals surface area contributed by atoms with E-state index < -0.39 is 35.1 Å². The van der Waals surface area contributed by atoms with Crippen LogP contribution in [0, 0.1) is 11.6 Å². The van der Waals surface area contributed by atoms with Crippen LogP contribution in [-0.4, -0.2) is 27.6 Å². The quantitative estimate of drug-likeness (QED) is 0.499. The summed E-state index contributed by atoms with van der Waals surface area (Å²) in [5, 5.41) is 3.92. The molecular formula is C20H14F2N2O4. The zero-order valence-corrected chi connectivity index (χ0v) is 14.6. The second-order valence-electron chi connectivity index (χ2n) is 5.86. The Morgan fingerprint density at radius 2 is 1.50 bits per heavy atom. The molecule has 0 saturated heterocycles. The van der Waals surface area contributed by atoms with Gasteiger partial charge in [0.05, 0.1) is 5.69 Å². The Labute approximate surface area is 158 Å². The van der Waals surface area contributed by atoms with Gasteiger partial charge in [-0.15, -0.1) is 0 Å². The highest BCUT2D eigenvalue weighted by Crippen LogP contribution is 2.11. The number of aromatic nitrogens is 2. The Bertz CT molecular complexity index is 1080. The van der Waals surface area contributed by atoms with Crippen molar-refractivity contribution in [3.05, 3.63) is 93.9 Å². The molecule has 0 unspecified atom stereocenters. The minimum atomic E-state index is -1.15. The molecule has 0 aliphatic carbocycles. The van der Waals surface area contributed by atoms with Crippen LogP contribution < -0.4 is 5.56 Å². The second kappa shape index (κ2) is 7.91. The number of nitrogens with zero attached hydrogens (tertiary/aromatic N) is 2. The van der Waals surface area contributed by atoms with Crippen molar-refractivity contribution in [3.63, 3.8) is 0 Å². The predicted molar refractivity (Wildman–Crippen MR) is 95.4 cm³/mol. The number of hydrogen-bond donors (Lipinski definition) is 0. The average Bonchev–Trinajstić information content (AvgIpc) is 2.69. The summed E-state index contributed by atoms with van der Waals surface area (Å²) in [5.41, 5.74) is -0.288. The summed E-state index contributed by atoms with van der Waals surface area (Å²) in [6.07, 6.45) is -1.15. The minimum absolute atomic E-state index is 0.186. The van der Waals surface area contributed by atoms with Gasteiger partial charge in [-0.1, -0.05) is 0 Å². The number of carbonyl (C=O) groups is 2. The zero-order chi connectivity index (χ0) is 20.3. The number of Topliss-reactive ketones (excluding diaryl/α,β-unsaturated/α-hetero) is 1. The number of hydrogen-bond acceptors (Lipinski definition) is 5. The van der Waals surface area contributed by atoms with Gasteiger partial charge in [-0.2, -0.15) is 9.78 Å². The molecule has 142 valence electrons. The van der Waals surface area contributed by atoms with Crippen molar-refractivity contribution < 1.29 is 23.1 Å². The summed E-state index contributed by atoms with van der Waals surface area (Å²) >= 11 is 0. The van der Waals surface area contributed by atoms with Gasteiger partial charge < -0.3 is 4.74 Å². The fourth-order valence-corrected chi connectivity index (χ4v) is 2.41. The van der Waals surface area contributed by atoms with Crippen LogP contribution in [0.4, 0.5) is 8.78 Å². The van der Waals surface area contributed by atoms with Gasteiger partial charge in [0, 0.05) is 11.6 Å². The standard InChI is InChI=1S/C20H14F2N2O4/c1-12(19(26)13-2-4-14(21)5-3-13)28-20(27)17-10-11-18(25)24(23-17)16-8-6-15(22)7-9-16/h2-12H,1H3/t12-/m1/s1. The van der Waals surface area contributed by atoms with Crippen LogP contribution in [-0.2, 0) is 4.74 Å². The Morgan fingerprint density at radius 3 is 2.11 bits per heavy atom. The second-order valence-corrected chi connectivity index (χ2v) is 5.86. The van der Waals surface area contributed by atoms with Crippen LogP contribution in [0.25, 0.3) is 5.69 Å². The van der Waals surface area contributed by atoms with Gasteiger partial charge in [0.15, 0.2) is 11.8 Å². The maximum Gasteiger partial charge on any atom is 0.359 e. The molecule has 1 aromatic heterocycles. The van der Waals surface area contributed by atoms with Crippen LogP contribution in [0.3, 0.4) is 0 Å². The number of carbonyl (C=O) groups excluding carboxylic acids is 2. The molecule has 8 heteroatoms. The molecule has 0 fully saturated rings. The lowest BCUT2D eigenvalue weighted by Crippen LogP contribution is -2.27. The molecule has 0 aliphatic rings. The van der Waals surface area contributed by atoms with E-state index in [1.54, 1.807) is 0 Å². The molecule has 1 atom stereocenters. The number of ether oxygens (including phenoxy) is 1. The van der Waals surface area contributed by atoms with E-state index in [1.165, 1.54) is 37.3 Å². The van der Waals surface area contributed by atoms with Crippen molar-refractivity contribution in [2.75, 3.05) is 0 Å². The highest BCUT2D eigenvalue weighted by Gasteiger charge is 2.22. The Hall–Kier alpha value is -3.68. The van der Waals surface area contributed by atoms with Crippen LogP contribution in [0.15, 0.2) is 65.5 Å². The van der Waals surface area contributed by atoms with Crippen molar-refractivity contribution in [1.29, 1.82) is 0 Å². The monoisotopic (exact) mass is 384 g/mol. The first-order chi connectivity index (χ1) is 13.3. The SMILES string of the molecule is C[C@@H](OC(=O)c1ccc(=O)n(-c2ccc(F)cc2)n1)C(=O)c1ccc(F)cc1. The van der Waals surface area contributed by atoms with E-state index in [4.69, 9.17) is 4.74 Å². The van der Waals surface area contributed by atoms with Gasteiger partial charge >= 0.3 is 5.97 Å². The first kappa shape index (κ1) is 19.1. The summed E-state index contributed by atoms with van der Waals surface area (Å²) in [6, 6.07) is 12.1. The summed E-state index contributed by atoms with van der Waals surface area (Å²) < 4.78 is 32.1. The fraction of sp³-hybridized carbons (Fsp3) is 0.100. The normalized spacial score (nSPS) is 11.7. The molecule has 0 amide bonds. The third-order valence-corrected chi connectivity index (χ3v) is 3.86. The third-order valence-electron chi connectivity index (χ3n) is 3.86. The number of ketones is 1. The van der Waals surface area contributed by atoms with E-state index in [9.17, 15) is 23.2 Å². The number of benzene rings is 2. The van der Waals surface area contributed by atoms with E-state index in [0.717, 1.165) is 35.0 Å². The highest BCUT2D eigenvalue weighted by atomic mass is 19.1. The molecular weight excluding hydrogens is 370 g/mol. The van der Waals surface area contributed by atoms with Gasteiger partial charge in [0.25, 0.3) is 5.56 Å². The van der Waals surface area contributed by atoms with Gasteiger partial charge in [-0.05, 0) is 61.5 Å². The molecule has 0 bridgehead atoms. The molecule has 3 rings (SSSR count). The first-order valence-corrected chi connectivity index (χ1v) is 8.22. The van der Waals surface area contributed by atoms with Crippen LogP contribution in [0.2, 0.25) is 0 Å². The van der Waals surface area contributed by atoms with Gasteiger partial charge in [0.1, 0.15) is 11.6 Å². The van der Waals surface area contributed by atoms with Crippen LogP contribution in [0.5, 0.6) is 0 Å². The molecule has 0 aliphatic heterocycles. The van der Waals surface area contributed by atoms with E-state index in [-0.39, 0.29) is 16.9 Å². The molecule has 28 heavy (non-hydrogen) atoms. The number of esters is 1. The van der Waals surface area contributed by atoms with E-state index in [0.29, 0.717) is 0 Å². The molecule has 3 aromatic rings. The maximum atomic E-state index is 13.1. The van der Waals surface area contributed by atoms with Crippen molar-refractivity contribution in [1.82, 2.24) is 9.78 Å². The third kappa shape index (κ3) is 4.17. The lowest BCUT2D eigenvalue weighted by molar-refractivity contribution is 0.0311. The molecule has 2 aromatic carbocycles. The van der Waals surface area contributed by atoms with Crippen molar-refractivity contribution in [2.45, 2.75) is 13.0 Å². The van der Waals surface area contributed by atoms with Crippen molar-refractivity contribution in [3.8, 4) is 5.69 Å². The molecule has 0 saturated carbocycles. The zero-order valence-electron chi connectivity index (χ0n) is 14.6. The van der Waals surface area contributed by atoms with Crippen LogP contribution in [0.1, 0.15) is 27.8 Å². The highest BCUT2D eigenvalue weighted by molar-refractivity contribution is 6.01. The Kier molecular flexibility index (Phi) is 5.39. The Balaban J connectivity index is 1.79. The van der Waals surface area contributed by atoms with E-state index in [2.05, 4.69) is 5.10 Å².